The molecule has 82 valence electrons. The predicted octanol–water partition coefficient (Wildman–Crippen LogP) is 2.80. The fourth-order valence-electron chi connectivity index (χ4n) is 1.46. The summed E-state index contributed by atoms with van der Waals surface area (Å²) in [6, 6.07) is 3.62. The monoisotopic (exact) mass is 291 g/mol. The Morgan fingerprint density at radius 2 is 2.47 bits per heavy atom. The highest BCUT2D eigenvalue weighted by Gasteiger charge is 2.17. The predicted molar refractivity (Wildman–Crippen MR) is 61.7 cm³/mol. The van der Waals surface area contributed by atoms with E-state index in [1.807, 2.05) is 6.07 Å². The lowest BCUT2D eigenvalue weighted by Gasteiger charge is -2.12. The zero-order valence-electron chi connectivity index (χ0n) is 8.08. The minimum absolute atomic E-state index is 0.145. The van der Waals surface area contributed by atoms with Gasteiger partial charge in [0.25, 0.3) is 0 Å². The number of hydrogen-bond acceptors (Lipinski definition) is 3. The number of halogens is 2. The Labute approximate surface area is 102 Å². The molecule has 2 rings (SSSR count). The molecule has 1 aromatic rings. The van der Waals surface area contributed by atoms with Crippen molar-refractivity contribution in [3.63, 3.8) is 0 Å². The first-order valence-electron chi connectivity index (χ1n) is 4.75. The number of nitrogens with zero attached hydrogens (tertiary/aromatic N) is 1. The number of aromatic nitrogens is 1. The van der Waals surface area contributed by atoms with Crippen LogP contribution in [0.5, 0.6) is 5.75 Å². The second-order valence-corrected chi connectivity index (χ2v) is 4.30. The standard InChI is InChI=1S/C10H11BrClNO2/c11-5-7-3-9(4-10(12)13-7)15-8-1-2-14-6-8/h3-4,8H,1-2,5-6H2/t8-/m1/s1. The zero-order valence-corrected chi connectivity index (χ0v) is 10.4. The average Bonchev–Trinajstić information content (AvgIpc) is 2.69. The average molecular weight is 293 g/mol. The summed E-state index contributed by atoms with van der Waals surface area (Å²) in [6.45, 7) is 1.43. The zero-order chi connectivity index (χ0) is 10.7. The number of hydrogen-bond donors (Lipinski definition) is 0. The molecule has 0 amide bonds. The van der Waals surface area contributed by atoms with Gasteiger partial charge in [0.15, 0.2) is 0 Å². The van der Waals surface area contributed by atoms with Crippen molar-refractivity contribution in [2.45, 2.75) is 17.9 Å². The van der Waals surface area contributed by atoms with Gasteiger partial charge < -0.3 is 9.47 Å². The largest absolute Gasteiger partial charge is 0.488 e. The van der Waals surface area contributed by atoms with Crippen LogP contribution >= 0.6 is 27.5 Å². The van der Waals surface area contributed by atoms with E-state index in [4.69, 9.17) is 21.1 Å². The highest BCUT2D eigenvalue weighted by atomic mass is 79.9. The van der Waals surface area contributed by atoms with Gasteiger partial charge in [-0.15, -0.1) is 0 Å². The van der Waals surface area contributed by atoms with Crippen LogP contribution in [0, 0.1) is 0 Å². The summed E-state index contributed by atoms with van der Waals surface area (Å²) in [7, 11) is 0. The van der Waals surface area contributed by atoms with Gasteiger partial charge in [-0.3, -0.25) is 0 Å². The van der Waals surface area contributed by atoms with Gasteiger partial charge in [0.05, 0.1) is 18.9 Å². The van der Waals surface area contributed by atoms with Gasteiger partial charge in [-0.1, -0.05) is 27.5 Å². The van der Waals surface area contributed by atoms with Crippen molar-refractivity contribution in [1.29, 1.82) is 0 Å². The molecule has 0 N–H and O–H groups in total. The Bertz CT molecular complexity index is 342. The molecule has 1 saturated heterocycles. The Kier molecular flexibility index (Phi) is 3.83. The second-order valence-electron chi connectivity index (χ2n) is 3.35. The van der Waals surface area contributed by atoms with Crippen molar-refractivity contribution in [1.82, 2.24) is 4.98 Å². The van der Waals surface area contributed by atoms with Crippen LogP contribution in [0.15, 0.2) is 12.1 Å². The lowest BCUT2D eigenvalue weighted by Crippen LogP contribution is -2.15. The maximum Gasteiger partial charge on any atom is 0.133 e. The molecular formula is C10H11BrClNO2. The molecule has 1 atom stereocenters. The third-order valence-electron chi connectivity index (χ3n) is 2.15. The van der Waals surface area contributed by atoms with E-state index < -0.39 is 0 Å². The van der Waals surface area contributed by atoms with Crippen molar-refractivity contribution in [3.05, 3.63) is 23.0 Å². The van der Waals surface area contributed by atoms with Crippen LogP contribution in [0.2, 0.25) is 5.15 Å². The van der Waals surface area contributed by atoms with Crippen molar-refractivity contribution >= 4 is 27.5 Å². The first-order chi connectivity index (χ1) is 7.28. The molecule has 3 nitrogen and oxygen atoms in total. The number of alkyl halides is 1. The molecular weight excluding hydrogens is 281 g/mol. The first kappa shape index (κ1) is 11.2. The third-order valence-corrected chi connectivity index (χ3v) is 2.92. The molecule has 0 saturated carbocycles. The van der Waals surface area contributed by atoms with Gasteiger partial charge in [0.1, 0.15) is 17.0 Å². The molecule has 1 aliphatic rings. The van der Waals surface area contributed by atoms with Gasteiger partial charge >= 0.3 is 0 Å². The van der Waals surface area contributed by atoms with Gasteiger partial charge in [-0.2, -0.15) is 0 Å². The molecule has 0 aromatic carbocycles. The summed E-state index contributed by atoms with van der Waals surface area (Å²) >= 11 is 9.21. The summed E-state index contributed by atoms with van der Waals surface area (Å²) in [5.74, 6) is 0.764. The van der Waals surface area contributed by atoms with Crippen LogP contribution < -0.4 is 4.74 Å². The van der Waals surface area contributed by atoms with E-state index in [2.05, 4.69) is 20.9 Å². The maximum atomic E-state index is 5.87. The molecule has 0 spiro atoms. The van der Waals surface area contributed by atoms with E-state index in [9.17, 15) is 0 Å². The first-order valence-corrected chi connectivity index (χ1v) is 6.24. The molecule has 2 heterocycles. The number of rotatable bonds is 3. The SMILES string of the molecule is Clc1cc(O[C@@H]2CCOC2)cc(CBr)n1. The Hall–Kier alpha value is -0.320. The summed E-state index contributed by atoms with van der Waals surface area (Å²) in [6.07, 6.45) is 1.08. The van der Waals surface area contributed by atoms with Crippen LogP contribution in [0.1, 0.15) is 12.1 Å². The molecule has 0 radical (unpaired) electrons. The fraction of sp³-hybridized carbons (Fsp3) is 0.500. The normalized spacial score (nSPS) is 20.5. The van der Waals surface area contributed by atoms with Crippen LogP contribution in [0.4, 0.5) is 0 Å². The topological polar surface area (TPSA) is 31.4 Å². The highest BCUT2D eigenvalue weighted by Crippen LogP contribution is 2.22. The third kappa shape index (κ3) is 3.06. The van der Waals surface area contributed by atoms with Crippen LogP contribution in [-0.2, 0) is 10.1 Å². The molecule has 15 heavy (non-hydrogen) atoms. The fourth-order valence-corrected chi connectivity index (χ4v) is 1.96. The van der Waals surface area contributed by atoms with Gasteiger partial charge in [-0.25, -0.2) is 4.98 Å². The minimum Gasteiger partial charge on any atom is -0.488 e. The van der Waals surface area contributed by atoms with Crippen molar-refractivity contribution in [2.75, 3.05) is 13.2 Å². The van der Waals surface area contributed by atoms with Gasteiger partial charge in [0.2, 0.25) is 0 Å². The maximum absolute atomic E-state index is 5.87. The Balaban J connectivity index is 2.09. The summed E-state index contributed by atoms with van der Waals surface area (Å²) < 4.78 is 11.0. The molecule has 0 aliphatic carbocycles. The van der Waals surface area contributed by atoms with E-state index in [1.165, 1.54) is 0 Å². The number of pyridine rings is 1. The smallest absolute Gasteiger partial charge is 0.133 e. The van der Waals surface area contributed by atoms with E-state index in [0.717, 1.165) is 24.5 Å². The summed E-state index contributed by atoms with van der Waals surface area (Å²) in [5, 5.41) is 1.13. The Morgan fingerprint density at radius 3 is 3.13 bits per heavy atom. The van der Waals surface area contributed by atoms with Crippen LogP contribution in [-0.4, -0.2) is 24.3 Å². The molecule has 1 fully saturated rings. The molecule has 5 heteroatoms. The van der Waals surface area contributed by atoms with E-state index in [-0.39, 0.29) is 6.10 Å². The highest BCUT2D eigenvalue weighted by molar-refractivity contribution is 9.08. The lowest BCUT2D eigenvalue weighted by atomic mass is 10.3. The molecule has 0 unspecified atom stereocenters. The Morgan fingerprint density at radius 1 is 1.60 bits per heavy atom. The van der Waals surface area contributed by atoms with E-state index in [0.29, 0.717) is 17.1 Å². The molecule has 1 aliphatic heterocycles. The van der Waals surface area contributed by atoms with Crippen LogP contribution in [0.25, 0.3) is 0 Å². The van der Waals surface area contributed by atoms with Crippen molar-refractivity contribution in [3.8, 4) is 5.75 Å². The van der Waals surface area contributed by atoms with Gasteiger partial charge in [-0.05, 0) is 0 Å². The second kappa shape index (κ2) is 5.14. The summed E-state index contributed by atoms with van der Waals surface area (Å²) in [4.78, 5) is 4.13. The minimum atomic E-state index is 0.145. The molecule has 0 bridgehead atoms. The lowest BCUT2D eigenvalue weighted by molar-refractivity contribution is 0.141. The molecule has 1 aromatic heterocycles. The number of ether oxygens (including phenoxy) is 2. The van der Waals surface area contributed by atoms with Crippen molar-refractivity contribution in [2.24, 2.45) is 0 Å². The summed E-state index contributed by atoms with van der Waals surface area (Å²) in [5.41, 5.74) is 0.872. The van der Waals surface area contributed by atoms with Crippen molar-refractivity contribution < 1.29 is 9.47 Å². The van der Waals surface area contributed by atoms with Crippen LogP contribution in [0.3, 0.4) is 0 Å². The van der Waals surface area contributed by atoms with E-state index in [1.54, 1.807) is 6.07 Å². The van der Waals surface area contributed by atoms with Gasteiger partial charge in [0, 0.05) is 23.9 Å². The quantitative estimate of drug-likeness (QED) is 0.634. The van der Waals surface area contributed by atoms with E-state index >= 15 is 0 Å².